The van der Waals surface area contributed by atoms with E-state index >= 15 is 0 Å². The number of likely N-dealkylation sites (tertiary alicyclic amines) is 1. The normalized spacial score (nSPS) is 21.9. The van der Waals surface area contributed by atoms with Gasteiger partial charge in [0.2, 0.25) is 15.9 Å². The highest BCUT2D eigenvalue weighted by molar-refractivity contribution is 7.89. The Morgan fingerprint density at radius 2 is 1.81 bits per heavy atom. The van der Waals surface area contributed by atoms with E-state index in [0.29, 0.717) is 45.0 Å². The molecule has 9 nitrogen and oxygen atoms in total. The van der Waals surface area contributed by atoms with Gasteiger partial charge in [-0.05, 0) is 43.7 Å². The molecular formula is C17H23N3O6S. The maximum atomic E-state index is 12.6. The number of carbonyl (C=O) groups is 2. The highest BCUT2D eigenvalue weighted by Crippen LogP contribution is 2.20. The van der Waals surface area contributed by atoms with Crippen LogP contribution in [0.3, 0.4) is 0 Å². The molecule has 10 heteroatoms. The number of hydrogen-bond acceptors (Lipinski definition) is 6. The molecule has 1 aromatic rings. The number of amides is 1. The number of carbonyl (C=O) groups excluding carboxylic acids is 1. The SMILES string of the molecule is O=C(CN1CCCC1C(=O)O)Nc1ccc(S(=O)(=O)N2CCOCC2)cc1. The lowest BCUT2D eigenvalue weighted by Gasteiger charge is -2.26. The Balaban J connectivity index is 1.60. The number of benzene rings is 1. The molecule has 2 N–H and O–H groups in total. The molecule has 27 heavy (non-hydrogen) atoms. The molecule has 0 radical (unpaired) electrons. The smallest absolute Gasteiger partial charge is 0.320 e. The maximum Gasteiger partial charge on any atom is 0.320 e. The van der Waals surface area contributed by atoms with Gasteiger partial charge in [0, 0.05) is 18.8 Å². The van der Waals surface area contributed by atoms with Crippen molar-refractivity contribution in [3.05, 3.63) is 24.3 Å². The zero-order valence-electron chi connectivity index (χ0n) is 14.8. The zero-order chi connectivity index (χ0) is 19.4. The standard InChI is InChI=1S/C17H23N3O6S/c21-16(12-19-7-1-2-15(19)17(22)23)18-13-3-5-14(6-4-13)27(24,25)20-8-10-26-11-9-20/h3-6,15H,1-2,7-12H2,(H,18,21)(H,22,23). The summed E-state index contributed by atoms with van der Waals surface area (Å²) in [6, 6.07) is 5.34. The molecule has 2 fully saturated rings. The molecule has 1 atom stereocenters. The molecule has 148 valence electrons. The van der Waals surface area contributed by atoms with Gasteiger partial charge >= 0.3 is 5.97 Å². The molecule has 0 saturated carbocycles. The fourth-order valence-electron chi connectivity index (χ4n) is 3.33. The van der Waals surface area contributed by atoms with Crippen molar-refractivity contribution in [2.75, 3.05) is 44.7 Å². The lowest BCUT2D eigenvalue weighted by Crippen LogP contribution is -2.41. The summed E-state index contributed by atoms with van der Waals surface area (Å²) in [6.07, 6.45) is 1.29. The van der Waals surface area contributed by atoms with Crippen LogP contribution in [0.25, 0.3) is 0 Å². The van der Waals surface area contributed by atoms with Crippen LogP contribution in [0.5, 0.6) is 0 Å². The number of sulfonamides is 1. The van der Waals surface area contributed by atoms with E-state index in [4.69, 9.17) is 9.84 Å². The lowest BCUT2D eigenvalue weighted by molar-refractivity contribution is -0.142. The highest BCUT2D eigenvalue weighted by Gasteiger charge is 2.31. The minimum atomic E-state index is -3.58. The van der Waals surface area contributed by atoms with Gasteiger partial charge in [-0.2, -0.15) is 4.31 Å². The van der Waals surface area contributed by atoms with Crippen molar-refractivity contribution in [2.24, 2.45) is 0 Å². The molecule has 3 rings (SSSR count). The molecule has 1 amide bonds. The number of carboxylic acid groups (broad SMARTS) is 1. The Labute approximate surface area is 157 Å². The van der Waals surface area contributed by atoms with Crippen LogP contribution in [0.15, 0.2) is 29.2 Å². The van der Waals surface area contributed by atoms with E-state index < -0.39 is 22.0 Å². The number of ether oxygens (including phenoxy) is 1. The summed E-state index contributed by atoms with van der Waals surface area (Å²) in [5.41, 5.74) is 0.465. The van der Waals surface area contributed by atoms with Crippen molar-refractivity contribution < 1.29 is 27.9 Å². The largest absolute Gasteiger partial charge is 0.480 e. The first-order chi connectivity index (χ1) is 12.9. The second kappa shape index (κ2) is 8.34. The van der Waals surface area contributed by atoms with Gasteiger partial charge in [-0.15, -0.1) is 0 Å². The summed E-state index contributed by atoms with van der Waals surface area (Å²) >= 11 is 0. The van der Waals surface area contributed by atoms with Crippen LogP contribution >= 0.6 is 0 Å². The summed E-state index contributed by atoms with van der Waals surface area (Å²) in [5, 5.41) is 11.8. The Kier molecular flexibility index (Phi) is 6.10. The molecule has 2 aliphatic rings. The van der Waals surface area contributed by atoms with Crippen LogP contribution in [-0.4, -0.2) is 80.0 Å². The quantitative estimate of drug-likeness (QED) is 0.704. The van der Waals surface area contributed by atoms with Crippen molar-refractivity contribution in [1.82, 2.24) is 9.21 Å². The van der Waals surface area contributed by atoms with E-state index in [-0.39, 0.29) is 17.3 Å². The topological polar surface area (TPSA) is 116 Å². The molecule has 0 bridgehead atoms. The van der Waals surface area contributed by atoms with Gasteiger partial charge in [0.15, 0.2) is 0 Å². The van der Waals surface area contributed by atoms with Crippen molar-refractivity contribution in [2.45, 2.75) is 23.8 Å². The van der Waals surface area contributed by atoms with Gasteiger partial charge in [-0.25, -0.2) is 8.42 Å². The molecule has 1 unspecified atom stereocenters. The van der Waals surface area contributed by atoms with Crippen molar-refractivity contribution in [3.63, 3.8) is 0 Å². The lowest BCUT2D eigenvalue weighted by atomic mass is 10.2. The summed E-state index contributed by atoms with van der Waals surface area (Å²) in [4.78, 5) is 25.1. The molecule has 0 aromatic heterocycles. The van der Waals surface area contributed by atoms with Gasteiger partial charge in [-0.3, -0.25) is 14.5 Å². The van der Waals surface area contributed by atoms with Gasteiger partial charge in [0.25, 0.3) is 0 Å². The number of rotatable bonds is 6. The zero-order valence-corrected chi connectivity index (χ0v) is 15.7. The third-order valence-electron chi connectivity index (χ3n) is 4.74. The molecule has 0 spiro atoms. The third kappa shape index (κ3) is 4.64. The van der Waals surface area contributed by atoms with E-state index in [2.05, 4.69) is 5.32 Å². The van der Waals surface area contributed by atoms with Crippen LogP contribution in [0.1, 0.15) is 12.8 Å². The Morgan fingerprint density at radius 1 is 1.15 bits per heavy atom. The first-order valence-corrected chi connectivity index (χ1v) is 10.3. The molecule has 0 aliphatic carbocycles. The van der Waals surface area contributed by atoms with Crippen LogP contribution in [0, 0.1) is 0 Å². The van der Waals surface area contributed by atoms with E-state index in [0.717, 1.165) is 6.42 Å². The van der Waals surface area contributed by atoms with Crippen molar-refractivity contribution >= 4 is 27.6 Å². The molecule has 2 aliphatic heterocycles. The monoisotopic (exact) mass is 397 g/mol. The number of carboxylic acids is 1. The summed E-state index contributed by atoms with van der Waals surface area (Å²) in [6.45, 7) is 1.96. The Hall–Kier alpha value is -2.01. The van der Waals surface area contributed by atoms with E-state index in [1.54, 1.807) is 4.90 Å². The molecule has 2 heterocycles. The van der Waals surface area contributed by atoms with Crippen LogP contribution < -0.4 is 5.32 Å². The highest BCUT2D eigenvalue weighted by atomic mass is 32.2. The van der Waals surface area contributed by atoms with E-state index in [9.17, 15) is 18.0 Å². The van der Waals surface area contributed by atoms with E-state index in [1.807, 2.05) is 0 Å². The first-order valence-electron chi connectivity index (χ1n) is 8.82. The summed E-state index contributed by atoms with van der Waals surface area (Å²) < 4.78 is 31.7. The van der Waals surface area contributed by atoms with Gasteiger partial charge in [-0.1, -0.05) is 0 Å². The third-order valence-corrected chi connectivity index (χ3v) is 6.65. The number of anilines is 1. The predicted octanol–water partition coefficient (Wildman–Crippen LogP) is 0.195. The Morgan fingerprint density at radius 3 is 2.44 bits per heavy atom. The molecule has 2 saturated heterocycles. The number of aliphatic carboxylic acids is 1. The van der Waals surface area contributed by atoms with Crippen LogP contribution in [-0.2, 0) is 24.3 Å². The van der Waals surface area contributed by atoms with Crippen molar-refractivity contribution in [3.8, 4) is 0 Å². The minimum absolute atomic E-state index is 0.00913. The van der Waals surface area contributed by atoms with Gasteiger partial charge in [0.05, 0.1) is 24.7 Å². The van der Waals surface area contributed by atoms with Crippen LogP contribution in [0.2, 0.25) is 0 Å². The van der Waals surface area contributed by atoms with Gasteiger partial charge in [0.1, 0.15) is 6.04 Å². The van der Waals surface area contributed by atoms with E-state index in [1.165, 1.54) is 28.6 Å². The average Bonchev–Trinajstić information content (AvgIpc) is 3.11. The van der Waals surface area contributed by atoms with Crippen molar-refractivity contribution in [1.29, 1.82) is 0 Å². The average molecular weight is 397 g/mol. The Bertz CT molecular complexity index is 789. The predicted molar refractivity (Wildman–Crippen MR) is 96.9 cm³/mol. The second-order valence-corrected chi connectivity index (χ2v) is 8.49. The number of morpholine rings is 1. The number of nitrogens with zero attached hydrogens (tertiary/aromatic N) is 2. The first kappa shape index (κ1) is 19.7. The number of hydrogen-bond donors (Lipinski definition) is 2. The second-order valence-electron chi connectivity index (χ2n) is 6.56. The molecule has 1 aromatic carbocycles. The minimum Gasteiger partial charge on any atom is -0.480 e. The molecular weight excluding hydrogens is 374 g/mol. The number of nitrogens with one attached hydrogen (secondary N) is 1. The summed E-state index contributed by atoms with van der Waals surface area (Å²) in [7, 11) is -3.58. The fraction of sp³-hybridized carbons (Fsp3) is 0.529. The maximum absolute atomic E-state index is 12.6. The van der Waals surface area contributed by atoms with Crippen LogP contribution in [0.4, 0.5) is 5.69 Å². The fourth-order valence-corrected chi connectivity index (χ4v) is 4.73. The summed E-state index contributed by atoms with van der Waals surface area (Å²) in [5.74, 6) is -1.25. The van der Waals surface area contributed by atoms with Gasteiger partial charge < -0.3 is 15.2 Å².